The van der Waals surface area contributed by atoms with Crippen molar-refractivity contribution in [3.8, 4) is 0 Å². The molecule has 5 heteroatoms. The first kappa shape index (κ1) is 18.8. The number of hydrogen-bond acceptors (Lipinski definition) is 3. The lowest BCUT2D eigenvalue weighted by Crippen LogP contribution is -2.37. The molecular weight excluding hydrogens is 384 g/mol. The lowest BCUT2D eigenvalue weighted by molar-refractivity contribution is -0.122. The number of carbonyl (C=O) groups is 2. The Balaban J connectivity index is 1.72. The summed E-state index contributed by atoms with van der Waals surface area (Å²) >= 11 is 6.23. The number of nitrogens with zero attached hydrogens (tertiary/aromatic N) is 2. The Hall–Kier alpha value is -3.50. The van der Waals surface area contributed by atoms with Crippen LogP contribution in [0, 0.1) is 0 Å². The molecule has 4 rings (SSSR count). The molecule has 0 fully saturated rings. The zero-order valence-electron chi connectivity index (χ0n) is 15.5. The van der Waals surface area contributed by atoms with Crippen LogP contribution in [-0.2, 0) is 4.79 Å². The molecule has 0 N–H and O–H groups in total. The minimum Gasteiger partial charge on any atom is -0.292 e. The van der Waals surface area contributed by atoms with E-state index in [4.69, 9.17) is 11.6 Å². The summed E-state index contributed by atoms with van der Waals surface area (Å²) in [4.78, 5) is 31.8. The summed E-state index contributed by atoms with van der Waals surface area (Å²) in [5.41, 5.74) is 2.27. The second-order valence-electron chi connectivity index (χ2n) is 6.53. The average Bonchev–Trinajstić information content (AvgIpc) is 3.06. The van der Waals surface area contributed by atoms with Gasteiger partial charge < -0.3 is 0 Å². The topological polar surface area (TPSA) is 49.7 Å². The van der Waals surface area contributed by atoms with Crippen molar-refractivity contribution < 1.29 is 9.59 Å². The van der Waals surface area contributed by atoms with Crippen LogP contribution in [-0.4, -0.2) is 29.0 Å². The fourth-order valence-corrected chi connectivity index (χ4v) is 3.29. The number of carbonyl (C=O) groups excluding carboxylic acids is 2. The van der Waals surface area contributed by atoms with Crippen LogP contribution in [0.2, 0.25) is 5.02 Å². The van der Waals surface area contributed by atoms with E-state index in [0.717, 1.165) is 5.56 Å². The number of amides is 1. The molecule has 3 aromatic rings. The van der Waals surface area contributed by atoms with E-state index in [0.29, 0.717) is 22.0 Å². The third-order valence-corrected chi connectivity index (χ3v) is 4.92. The van der Waals surface area contributed by atoms with Crippen LogP contribution in [0.1, 0.15) is 21.5 Å². The van der Waals surface area contributed by atoms with Crippen molar-refractivity contribution in [1.82, 2.24) is 4.90 Å². The Morgan fingerprint density at radius 1 is 0.897 bits per heavy atom. The molecule has 0 aromatic heterocycles. The summed E-state index contributed by atoms with van der Waals surface area (Å²) < 4.78 is 0. The molecule has 29 heavy (non-hydrogen) atoms. The average molecular weight is 401 g/mol. The van der Waals surface area contributed by atoms with Gasteiger partial charge in [-0.25, -0.2) is 4.99 Å². The van der Waals surface area contributed by atoms with Crippen molar-refractivity contribution in [2.75, 3.05) is 6.54 Å². The summed E-state index contributed by atoms with van der Waals surface area (Å²) in [6.07, 6.45) is 1.65. The van der Waals surface area contributed by atoms with Crippen LogP contribution in [0.3, 0.4) is 0 Å². The maximum atomic E-state index is 13.1. The number of hydrogen-bond donors (Lipinski definition) is 0. The Bertz CT molecular complexity index is 1120. The molecule has 0 atom stereocenters. The van der Waals surface area contributed by atoms with Crippen molar-refractivity contribution in [3.05, 3.63) is 112 Å². The molecule has 0 saturated heterocycles. The molecule has 1 aliphatic rings. The number of halogens is 1. The number of amidine groups is 1. The van der Waals surface area contributed by atoms with Crippen LogP contribution >= 0.6 is 11.6 Å². The molecule has 1 heterocycles. The third kappa shape index (κ3) is 4.03. The summed E-state index contributed by atoms with van der Waals surface area (Å²) in [5.74, 6) is -0.0205. The zero-order chi connectivity index (χ0) is 20.2. The number of ketones is 1. The Morgan fingerprint density at radius 3 is 2.21 bits per heavy atom. The van der Waals surface area contributed by atoms with E-state index in [1.54, 1.807) is 36.4 Å². The van der Waals surface area contributed by atoms with E-state index < -0.39 is 0 Å². The second kappa shape index (κ2) is 8.25. The minimum absolute atomic E-state index is 0.0869. The highest BCUT2D eigenvalue weighted by Gasteiger charge is 2.32. The molecule has 0 aliphatic carbocycles. The van der Waals surface area contributed by atoms with Gasteiger partial charge in [0.15, 0.2) is 5.78 Å². The molecule has 142 valence electrons. The van der Waals surface area contributed by atoms with Crippen LogP contribution in [0.4, 0.5) is 0 Å². The zero-order valence-corrected chi connectivity index (χ0v) is 16.2. The Morgan fingerprint density at radius 2 is 1.52 bits per heavy atom. The highest BCUT2D eigenvalue weighted by atomic mass is 35.5. The predicted octanol–water partition coefficient (Wildman–Crippen LogP) is 4.85. The quantitative estimate of drug-likeness (QED) is 0.454. The molecule has 4 nitrogen and oxygen atoms in total. The summed E-state index contributed by atoms with van der Waals surface area (Å²) in [6, 6.07) is 25.5. The van der Waals surface area contributed by atoms with Crippen molar-refractivity contribution in [2.24, 2.45) is 4.99 Å². The monoisotopic (exact) mass is 400 g/mol. The van der Waals surface area contributed by atoms with E-state index in [1.165, 1.54) is 4.90 Å². The fraction of sp³-hybridized carbons (Fsp3) is 0.0417. The third-order valence-electron chi connectivity index (χ3n) is 4.57. The van der Waals surface area contributed by atoms with E-state index in [1.807, 2.05) is 54.6 Å². The van der Waals surface area contributed by atoms with E-state index in [-0.39, 0.29) is 23.9 Å². The first-order valence-electron chi connectivity index (χ1n) is 9.14. The molecule has 0 radical (unpaired) electrons. The fourth-order valence-electron chi connectivity index (χ4n) is 3.10. The van der Waals surface area contributed by atoms with Gasteiger partial charge in [-0.3, -0.25) is 14.5 Å². The summed E-state index contributed by atoms with van der Waals surface area (Å²) in [5, 5.41) is 0.531. The van der Waals surface area contributed by atoms with E-state index in [2.05, 4.69) is 4.99 Å². The largest absolute Gasteiger partial charge is 0.292 e. The molecule has 3 aromatic carbocycles. The van der Waals surface area contributed by atoms with Gasteiger partial charge in [-0.15, -0.1) is 0 Å². The molecule has 1 amide bonds. The summed E-state index contributed by atoms with van der Waals surface area (Å²) in [7, 11) is 0. The van der Waals surface area contributed by atoms with Gasteiger partial charge in [-0.2, -0.15) is 0 Å². The van der Waals surface area contributed by atoms with E-state index in [9.17, 15) is 9.59 Å². The van der Waals surface area contributed by atoms with Gasteiger partial charge in [0.2, 0.25) is 0 Å². The van der Waals surface area contributed by atoms with Gasteiger partial charge in [-0.05, 0) is 17.7 Å². The van der Waals surface area contributed by atoms with Gasteiger partial charge in [-0.1, -0.05) is 90.5 Å². The molecule has 0 saturated carbocycles. The maximum absolute atomic E-state index is 13.1. The standard InChI is InChI=1S/C24H17ClN2O2/c25-20-14-8-7-13-19(20)15-21-24(29)27(16-22(28)17-9-3-1-4-10-17)23(26-21)18-11-5-2-6-12-18/h1-15H,16H2/b21-15-. The van der Waals surface area contributed by atoms with Crippen molar-refractivity contribution in [3.63, 3.8) is 0 Å². The van der Waals surface area contributed by atoms with Crippen LogP contribution < -0.4 is 0 Å². The maximum Gasteiger partial charge on any atom is 0.278 e. The number of aliphatic imine (C=N–C) groups is 1. The van der Waals surface area contributed by atoms with E-state index >= 15 is 0 Å². The number of Topliss-reactive ketones (excluding diaryl/α,β-unsaturated/α-hetero) is 1. The number of benzene rings is 3. The molecule has 0 bridgehead atoms. The van der Waals surface area contributed by atoms with Gasteiger partial charge >= 0.3 is 0 Å². The normalized spacial score (nSPS) is 14.9. The first-order valence-corrected chi connectivity index (χ1v) is 9.52. The lowest BCUT2D eigenvalue weighted by atomic mass is 10.1. The van der Waals surface area contributed by atoms with Gasteiger partial charge in [0.1, 0.15) is 11.5 Å². The van der Waals surface area contributed by atoms with Gasteiger partial charge in [0, 0.05) is 16.1 Å². The van der Waals surface area contributed by atoms with Crippen LogP contribution in [0.15, 0.2) is 95.6 Å². The molecular formula is C24H17ClN2O2. The molecule has 0 unspecified atom stereocenters. The second-order valence-corrected chi connectivity index (χ2v) is 6.94. The predicted molar refractivity (Wildman–Crippen MR) is 115 cm³/mol. The number of rotatable bonds is 5. The first-order chi connectivity index (χ1) is 14.1. The van der Waals surface area contributed by atoms with Crippen LogP contribution in [0.25, 0.3) is 6.08 Å². The van der Waals surface area contributed by atoms with Gasteiger partial charge in [0.05, 0.1) is 6.54 Å². The minimum atomic E-state index is -0.326. The van der Waals surface area contributed by atoms with Crippen molar-refractivity contribution in [2.45, 2.75) is 0 Å². The van der Waals surface area contributed by atoms with Gasteiger partial charge in [0.25, 0.3) is 5.91 Å². The lowest BCUT2D eigenvalue weighted by Gasteiger charge is -2.17. The molecule has 1 aliphatic heterocycles. The van der Waals surface area contributed by atoms with Crippen molar-refractivity contribution >= 4 is 35.2 Å². The van der Waals surface area contributed by atoms with Crippen LogP contribution in [0.5, 0.6) is 0 Å². The SMILES string of the molecule is O=C(CN1C(=O)/C(=C/c2ccccc2Cl)N=C1c1ccccc1)c1ccccc1. The highest BCUT2D eigenvalue weighted by molar-refractivity contribution is 6.32. The molecule has 0 spiro atoms. The highest BCUT2D eigenvalue weighted by Crippen LogP contribution is 2.25. The smallest absolute Gasteiger partial charge is 0.278 e. The Labute approximate surface area is 173 Å². The summed E-state index contributed by atoms with van der Waals surface area (Å²) in [6.45, 7) is -0.0869. The van der Waals surface area contributed by atoms with Crippen molar-refractivity contribution in [1.29, 1.82) is 0 Å². The Kier molecular flexibility index (Phi) is 5.36.